The van der Waals surface area contributed by atoms with Gasteiger partial charge in [-0.2, -0.15) is 0 Å². The number of carbonyl (C=O) groups excluding carboxylic acids is 1. The normalized spacial score (nSPS) is 10.7. The van der Waals surface area contributed by atoms with Crippen molar-refractivity contribution in [2.75, 3.05) is 25.4 Å². The summed E-state index contributed by atoms with van der Waals surface area (Å²) in [6.07, 6.45) is 1.60. The average molecular weight is 238 g/mol. The number of carbonyl (C=O) groups is 1. The van der Waals surface area contributed by atoms with Crippen molar-refractivity contribution in [3.63, 3.8) is 0 Å². The van der Waals surface area contributed by atoms with Gasteiger partial charge in [0.1, 0.15) is 0 Å². The van der Waals surface area contributed by atoms with Gasteiger partial charge in [0, 0.05) is 31.0 Å². The highest BCUT2D eigenvalue weighted by Gasteiger charge is 2.06. The molecule has 0 bridgehead atoms. The van der Waals surface area contributed by atoms with Gasteiger partial charge < -0.3 is 16.0 Å². The van der Waals surface area contributed by atoms with Gasteiger partial charge in [-0.05, 0) is 12.6 Å². The molecular formula is C11H18N4O2. The van der Waals surface area contributed by atoms with E-state index in [1.807, 2.05) is 11.8 Å². The van der Waals surface area contributed by atoms with E-state index in [-0.39, 0.29) is 18.0 Å². The molecule has 0 aliphatic carbocycles. The van der Waals surface area contributed by atoms with Crippen molar-refractivity contribution >= 4 is 11.6 Å². The minimum atomic E-state index is -0.369. The zero-order valence-corrected chi connectivity index (χ0v) is 9.93. The molecule has 1 heterocycles. The van der Waals surface area contributed by atoms with E-state index in [0.717, 1.165) is 0 Å². The van der Waals surface area contributed by atoms with E-state index in [1.54, 1.807) is 12.3 Å². The number of hydrogen-bond donors (Lipinski definition) is 2. The Hall–Kier alpha value is -1.82. The number of nitrogen functional groups attached to an aromatic ring is 1. The number of nitrogens with two attached hydrogens (primary N) is 2. The number of amides is 1. The van der Waals surface area contributed by atoms with E-state index in [4.69, 9.17) is 11.5 Å². The number of rotatable bonds is 6. The minimum Gasteiger partial charge on any atom is -0.398 e. The number of nitrogens with zero attached hydrogens (tertiary/aromatic N) is 2. The number of aromatic nitrogens is 1. The van der Waals surface area contributed by atoms with Crippen LogP contribution in [-0.4, -0.2) is 35.0 Å². The average Bonchev–Trinajstić information content (AvgIpc) is 2.28. The van der Waals surface area contributed by atoms with Crippen LogP contribution in [0, 0.1) is 0 Å². The van der Waals surface area contributed by atoms with Gasteiger partial charge in [-0.3, -0.25) is 14.5 Å². The Morgan fingerprint density at radius 1 is 1.47 bits per heavy atom. The molecule has 1 amide bonds. The van der Waals surface area contributed by atoms with Crippen LogP contribution in [0.4, 0.5) is 5.69 Å². The fourth-order valence-corrected chi connectivity index (χ4v) is 1.54. The predicted molar refractivity (Wildman–Crippen MR) is 66.4 cm³/mol. The summed E-state index contributed by atoms with van der Waals surface area (Å²) in [5.74, 6) is -0.369. The van der Waals surface area contributed by atoms with E-state index in [1.165, 1.54) is 10.6 Å². The van der Waals surface area contributed by atoms with Crippen molar-refractivity contribution in [2.24, 2.45) is 5.73 Å². The van der Waals surface area contributed by atoms with Gasteiger partial charge in [0.2, 0.25) is 5.91 Å². The van der Waals surface area contributed by atoms with Crippen molar-refractivity contribution < 1.29 is 4.79 Å². The van der Waals surface area contributed by atoms with Crippen LogP contribution in [0.2, 0.25) is 0 Å². The first kappa shape index (κ1) is 13.2. The molecule has 0 unspecified atom stereocenters. The van der Waals surface area contributed by atoms with Crippen LogP contribution < -0.4 is 17.0 Å². The van der Waals surface area contributed by atoms with Gasteiger partial charge in [0.25, 0.3) is 5.56 Å². The molecule has 0 saturated carbocycles. The molecule has 0 atom stereocenters. The molecule has 6 nitrogen and oxygen atoms in total. The van der Waals surface area contributed by atoms with Gasteiger partial charge in [0.15, 0.2) is 0 Å². The number of hydrogen-bond acceptors (Lipinski definition) is 4. The Morgan fingerprint density at radius 2 is 2.18 bits per heavy atom. The van der Waals surface area contributed by atoms with Crippen LogP contribution >= 0.6 is 0 Å². The third-order valence-corrected chi connectivity index (χ3v) is 2.49. The molecule has 0 radical (unpaired) electrons. The highest BCUT2D eigenvalue weighted by Crippen LogP contribution is 1.96. The first-order valence-corrected chi connectivity index (χ1v) is 5.49. The molecule has 0 aliphatic rings. The molecule has 1 rings (SSSR count). The van der Waals surface area contributed by atoms with Crippen molar-refractivity contribution in [3.05, 3.63) is 28.7 Å². The standard InChI is InChI=1S/C11H18N4O2/c1-2-14(8-10(13)16)5-6-15-7-9(12)3-4-11(15)17/h3-4,7H,2,5-6,8,12H2,1H3,(H2,13,16). The maximum absolute atomic E-state index is 11.5. The lowest BCUT2D eigenvalue weighted by molar-refractivity contribution is -0.119. The first-order valence-electron chi connectivity index (χ1n) is 5.49. The molecule has 0 saturated heterocycles. The van der Waals surface area contributed by atoms with Gasteiger partial charge >= 0.3 is 0 Å². The van der Waals surface area contributed by atoms with Gasteiger partial charge in [0.05, 0.1) is 6.54 Å². The maximum atomic E-state index is 11.5. The third-order valence-electron chi connectivity index (χ3n) is 2.49. The van der Waals surface area contributed by atoms with Crippen LogP contribution in [0.25, 0.3) is 0 Å². The number of pyridine rings is 1. The Balaban J connectivity index is 2.62. The Bertz CT molecular complexity index is 441. The summed E-state index contributed by atoms with van der Waals surface area (Å²) in [5.41, 5.74) is 11.2. The molecule has 1 aromatic rings. The van der Waals surface area contributed by atoms with Gasteiger partial charge in [-0.15, -0.1) is 0 Å². The summed E-state index contributed by atoms with van der Waals surface area (Å²) in [5, 5.41) is 0. The quantitative estimate of drug-likeness (QED) is 0.681. The minimum absolute atomic E-state index is 0.102. The monoisotopic (exact) mass is 238 g/mol. The highest BCUT2D eigenvalue weighted by molar-refractivity contribution is 5.75. The topological polar surface area (TPSA) is 94.3 Å². The molecular weight excluding hydrogens is 220 g/mol. The first-order chi connectivity index (χ1) is 8.02. The number of anilines is 1. The Morgan fingerprint density at radius 3 is 2.76 bits per heavy atom. The van der Waals surface area contributed by atoms with Gasteiger partial charge in [-0.1, -0.05) is 6.92 Å². The summed E-state index contributed by atoms with van der Waals surface area (Å²) in [6, 6.07) is 3.00. The number of primary amides is 1. The molecule has 1 aromatic heterocycles. The van der Waals surface area contributed by atoms with Crippen molar-refractivity contribution in [3.8, 4) is 0 Å². The molecule has 17 heavy (non-hydrogen) atoms. The lowest BCUT2D eigenvalue weighted by Gasteiger charge is -2.18. The zero-order valence-electron chi connectivity index (χ0n) is 9.93. The second-order valence-electron chi connectivity index (χ2n) is 3.83. The van der Waals surface area contributed by atoms with Crippen LogP contribution in [0.1, 0.15) is 6.92 Å². The van der Waals surface area contributed by atoms with E-state index in [0.29, 0.717) is 25.3 Å². The smallest absolute Gasteiger partial charge is 0.250 e. The molecule has 0 fully saturated rings. The predicted octanol–water partition coefficient (Wildman–Crippen LogP) is -0.762. The molecule has 4 N–H and O–H groups in total. The largest absolute Gasteiger partial charge is 0.398 e. The number of likely N-dealkylation sites (N-methyl/N-ethyl adjacent to an activating group) is 1. The van der Waals surface area contributed by atoms with Gasteiger partial charge in [-0.25, -0.2) is 0 Å². The van der Waals surface area contributed by atoms with E-state index in [9.17, 15) is 9.59 Å². The molecule has 0 aromatic carbocycles. The van der Waals surface area contributed by atoms with Crippen molar-refractivity contribution in [1.29, 1.82) is 0 Å². The van der Waals surface area contributed by atoms with Crippen LogP contribution in [0.15, 0.2) is 23.1 Å². The highest BCUT2D eigenvalue weighted by atomic mass is 16.1. The van der Waals surface area contributed by atoms with Crippen molar-refractivity contribution in [2.45, 2.75) is 13.5 Å². The SMILES string of the molecule is CCN(CCn1cc(N)ccc1=O)CC(N)=O. The molecule has 6 heteroatoms. The summed E-state index contributed by atoms with van der Waals surface area (Å²) >= 11 is 0. The Kier molecular flexibility index (Phi) is 4.71. The molecule has 0 spiro atoms. The summed E-state index contributed by atoms with van der Waals surface area (Å²) in [6.45, 7) is 3.92. The van der Waals surface area contributed by atoms with Crippen LogP contribution in [-0.2, 0) is 11.3 Å². The zero-order chi connectivity index (χ0) is 12.8. The van der Waals surface area contributed by atoms with Crippen LogP contribution in [0.5, 0.6) is 0 Å². The fourth-order valence-electron chi connectivity index (χ4n) is 1.54. The second-order valence-corrected chi connectivity index (χ2v) is 3.83. The molecule has 94 valence electrons. The third kappa shape index (κ3) is 4.28. The Labute approximate surface area is 99.8 Å². The maximum Gasteiger partial charge on any atom is 0.250 e. The van der Waals surface area contributed by atoms with E-state index in [2.05, 4.69) is 0 Å². The summed E-state index contributed by atoms with van der Waals surface area (Å²) < 4.78 is 1.53. The van der Waals surface area contributed by atoms with E-state index >= 15 is 0 Å². The summed E-state index contributed by atoms with van der Waals surface area (Å²) in [4.78, 5) is 24.2. The summed E-state index contributed by atoms with van der Waals surface area (Å²) in [7, 11) is 0. The van der Waals surface area contributed by atoms with E-state index < -0.39 is 0 Å². The van der Waals surface area contributed by atoms with Crippen LogP contribution in [0.3, 0.4) is 0 Å². The second kappa shape index (κ2) is 6.05. The lowest BCUT2D eigenvalue weighted by Crippen LogP contribution is -2.37. The van der Waals surface area contributed by atoms with Crippen molar-refractivity contribution in [1.82, 2.24) is 9.47 Å². The molecule has 0 aliphatic heterocycles. The lowest BCUT2D eigenvalue weighted by atomic mass is 10.4. The fraction of sp³-hybridized carbons (Fsp3) is 0.455.